The monoisotopic (exact) mass is 231 g/mol. The van der Waals surface area contributed by atoms with Crippen molar-refractivity contribution in [3.05, 3.63) is 51.7 Å². The van der Waals surface area contributed by atoms with Crippen LogP contribution in [0.15, 0.2) is 35.0 Å². The van der Waals surface area contributed by atoms with Crippen LogP contribution in [0, 0.1) is 13.8 Å². The number of hydrogen-bond acceptors (Lipinski definition) is 2. The van der Waals surface area contributed by atoms with Crippen molar-refractivity contribution in [2.45, 2.75) is 20.3 Å². The summed E-state index contributed by atoms with van der Waals surface area (Å²) in [6, 6.07) is 8.60. The Morgan fingerprint density at radius 2 is 2.06 bits per heavy atom. The van der Waals surface area contributed by atoms with Gasteiger partial charge in [-0.25, -0.2) is 0 Å². The van der Waals surface area contributed by atoms with Gasteiger partial charge in [0.2, 0.25) is 0 Å². The second-order valence-corrected chi connectivity index (χ2v) is 4.84. The lowest BCUT2D eigenvalue weighted by molar-refractivity contribution is 1.02. The van der Waals surface area contributed by atoms with E-state index in [9.17, 15) is 0 Å². The van der Waals surface area contributed by atoms with E-state index in [4.69, 9.17) is 0 Å². The molecule has 0 saturated carbocycles. The Kier molecular flexibility index (Phi) is 3.62. The van der Waals surface area contributed by atoms with Crippen LogP contribution in [0.25, 0.3) is 0 Å². The third-order valence-electron chi connectivity index (χ3n) is 2.91. The van der Waals surface area contributed by atoms with Crippen LogP contribution >= 0.6 is 11.3 Å². The smallest absolute Gasteiger partial charge is 0.0372 e. The molecule has 2 rings (SSSR count). The molecule has 0 aliphatic rings. The average molecular weight is 231 g/mol. The van der Waals surface area contributed by atoms with Gasteiger partial charge in [-0.05, 0) is 59.9 Å². The van der Waals surface area contributed by atoms with Gasteiger partial charge in [-0.15, -0.1) is 0 Å². The molecular formula is C14H17NS. The van der Waals surface area contributed by atoms with Gasteiger partial charge >= 0.3 is 0 Å². The molecule has 0 atom stereocenters. The molecule has 2 heteroatoms. The normalized spacial score (nSPS) is 10.4. The van der Waals surface area contributed by atoms with Crippen molar-refractivity contribution in [1.82, 2.24) is 0 Å². The molecule has 1 aromatic carbocycles. The first-order valence-corrected chi connectivity index (χ1v) is 6.53. The predicted molar refractivity (Wildman–Crippen MR) is 72.4 cm³/mol. The summed E-state index contributed by atoms with van der Waals surface area (Å²) in [6.07, 6.45) is 1.09. The van der Waals surface area contributed by atoms with E-state index in [0.29, 0.717) is 0 Å². The molecule has 0 bridgehead atoms. The highest BCUT2D eigenvalue weighted by atomic mass is 32.1. The maximum Gasteiger partial charge on any atom is 0.0372 e. The van der Waals surface area contributed by atoms with Gasteiger partial charge in [-0.3, -0.25) is 0 Å². The third kappa shape index (κ3) is 2.64. The van der Waals surface area contributed by atoms with Crippen molar-refractivity contribution in [1.29, 1.82) is 0 Å². The van der Waals surface area contributed by atoms with Gasteiger partial charge in [0.05, 0.1) is 0 Å². The Balaban J connectivity index is 1.92. The fourth-order valence-corrected chi connectivity index (χ4v) is 2.42. The Bertz CT molecular complexity index is 446. The summed E-state index contributed by atoms with van der Waals surface area (Å²) < 4.78 is 0. The molecule has 1 nitrogen and oxygen atoms in total. The van der Waals surface area contributed by atoms with Crippen LogP contribution in [-0.2, 0) is 6.42 Å². The van der Waals surface area contributed by atoms with Gasteiger partial charge < -0.3 is 5.32 Å². The van der Waals surface area contributed by atoms with Crippen molar-refractivity contribution < 1.29 is 0 Å². The number of anilines is 1. The first-order valence-electron chi connectivity index (χ1n) is 5.58. The number of nitrogens with one attached hydrogen (secondary N) is 1. The van der Waals surface area contributed by atoms with E-state index in [-0.39, 0.29) is 0 Å². The topological polar surface area (TPSA) is 12.0 Å². The third-order valence-corrected chi connectivity index (χ3v) is 3.65. The second-order valence-electron chi connectivity index (χ2n) is 4.06. The van der Waals surface area contributed by atoms with Crippen LogP contribution in [0.4, 0.5) is 5.69 Å². The standard InChI is InChI=1S/C14H17NS/c1-11-4-3-5-14(12(11)2)15-8-6-13-7-9-16-10-13/h3-5,7,9-10,15H,6,8H2,1-2H3. The minimum atomic E-state index is 1.00. The summed E-state index contributed by atoms with van der Waals surface area (Å²) >= 11 is 1.76. The van der Waals surface area contributed by atoms with E-state index in [0.717, 1.165) is 13.0 Å². The Labute approximate surface area is 101 Å². The number of hydrogen-bond donors (Lipinski definition) is 1. The summed E-state index contributed by atoms with van der Waals surface area (Å²) in [5, 5.41) is 7.84. The van der Waals surface area contributed by atoms with Gasteiger partial charge in [-0.1, -0.05) is 12.1 Å². The van der Waals surface area contributed by atoms with Gasteiger partial charge in [0, 0.05) is 12.2 Å². The minimum Gasteiger partial charge on any atom is -0.384 e. The Morgan fingerprint density at radius 1 is 1.19 bits per heavy atom. The first kappa shape index (κ1) is 11.2. The zero-order chi connectivity index (χ0) is 11.4. The maximum atomic E-state index is 3.50. The number of thiophene rings is 1. The highest BCUT2D eigenvalue weighted by Gasteiger charge is 1.99. The van der Waals surface area contributed by atoms with E-state index in [1.165, 1.54) is 22.4 Å². The second kappa shape index (κ2) is 5.17. The molecule has 0 aliphatic heterocycles. The Hall–Kier alpha value is -1.28. The lowest BCUT2D eigenvalue weighted by atomic mass is 10.1. The van der Waals surface area contributed by atoms with Crippen LogP contribution in [0.5, 0.6) is 0 Å². The summed E-state index contributed by atoms with van der Waals surface area (Å²) in [5.41, 5.74) is 5.38. The molecule has 1 heterocycles. The van der Waals surface area contributed by atoms with Crippen molar-refractivity contribution in [2.75, 3.05) is 11.9 Å². The zero-order valence-corrected chi connectivity index (χ0v) is 10.6. The van der Waals surface area contributed by atoms with Gasteiger partial charge in [0.1, 0.15) is 0 Å². The molecule has 1 aromatic heterocycles. The molecule has 84 valence electrons. The summed E-state index contributed by atoms with van der Waals surface area (Å²) in [6.45, 7) is 5.32. The van der Waals surface area contributed by atoms with E-state index in [1.54, 1.807) is 11.3 Å². The SMILES string of the molecule is Cc1cccc(NCCc2ccsc2)c1C. The van der Waals surface area contributed by atoms with Crippen LogP contribution in [0.3, 0.4) is 0 Å². The van der Waals surface area contributed by atoms with Crippen molar-refractivity contribution in [2.24, 2.45) is 0 Å². The molecule has 0 aliphatic carbocycles. The van der Waals surface area contributed by atoms with Crippen LogP contribution < -0.4 is 5.32 Å². The molecular weight excluding hydrogens is 214 g/mol. The molecule has 1 N–H and O–H groups in total. The average Bonchev–Trinajstić information content (AvgIpc) is 2.77. The predicted octanol–water partition coefficient (Wildman–Crippen LogP) is 4.02. The zero-order valence-electron chi connectivity index (χ0n) is 9.79. The van der Waals surface area contributed by atoms with Gasteiger partial charge in [0.25, 0.3) is 0 Å². The van der Waals surface area contributed by atoms with Crippen molar-refractivity contribution in [3.8, 4) is 0 Å². The van der Waals surface area contributed by atoms with E-state index in [1.807, 2.05) is 0 Å². The summed E-state index contributed by atoms with van der Waals surface area (Å²) in [7, 11) is 0. The molecule has 16 heavy (non-hydrogen) atoms. The quantitative estimate of drug-likeness (QED) is 0.838. The highest BCUT2D eigenvalue weighted by Crippen LogP contribution is 2.18. The van der Waals surface area contributed by atoms with Crippen LogP contribution in [-0.4, -0.2) is 6.54 Å². The van der Waals surface area contributed by atoms with E-state index < -0.39 is 0 Å². The van der Waals surface area contributed by atoms with Crippen molar-refractivity contribution >= 4 is 17.0 Å². The number of aryl methyl sites for hydroxylation is 1. The lowest BCUT2D eigenvalue weighted by Crippen LogP contribution is -2.05. The largest absolute Gasteiger partial charge is 0.384 e. The maximum absolute atomic E-state index is 3.50. The molecule has 0 amide bonds. The van der Waals surface area contributed by atoms with E-state index in [2.05, 4.69) is 54.2 Å². The van der Waals surface area contributed by atoms with Crippen LogP contribution in [0.1, 0.15) is 16.7 Å². The van der Waals surface area contributed by atoms with Gasteiger partial charge in [-0.2, -0.15) is 11.3 Å². The molecule has 0 fully saturated rings. The fraction of sp³-hybridized carbons (Fsp3) is 0.286. The minimum absolute atomic E-state index is 1.00. The number of benzene rings is 1. The fourth-order valence-electron chi connectivity index (χ4n) is 1.72. The highest BCUT2D eigenvalue weighted by molar-refractivity contribution is 7.07. The number of rotatable bonds is 4. The first-order chi connectivity index (χ1) is 7.77. The molecule has 0 spiro atoms. The van der Waals surface area contributed by atoms with E-state index >= 15 is 0 Å². The lowest BCUT2D eigenvalue weighted by Gasteiger charge is -2.10. The Morgan fingerprint density at radius 3 is 2.81 bits per heavy atom. The molecule has 0 unspecified atom stereocenters. The molecule has 2 aromatic rings. The van der Waals surface area contributed by atoms with Crippen molar-refractivity contribution in [3.63, 3.8) is 0 Å². The molecule has 0 radical (unpaired) electrons. The summed E-state index contributed by atoms with van der Waals surface area (Å²) in [4.78, 5) is 0. The molecule has 0 saturated heterocycles. The van der Waals surface area contributed by atoms with Gasteiger partial charge in [0.15, 0.2) is 0 Å². The van der Waals surface area contributed by atoms with Crippen LogP contribution in [0.2, 0.25) is 0 Å². The summed E-state index contributed by atoms with van der Waals surface area (Å²) in [5.74, 6) is 0.